The lowest BCUT2D eigenvalue weighted by Gasteiger charge is -2.07. The fraction of sp³-hybridized carbons (Fsp3) is 0.364. The Bertz CT molecular complexity index is 341. The maximum atomic E-state index is 10.5. The Hall–Kier alpha value is -1.00. The van der Waals surface area contributed by atoms with E-state index in [1.54, 1.807) is 11.8 Å². The molecule has 0 unspecified atom stereocenters. The molecule has 3 nitrogen and oxygen atoms in total. The van der Waals surface area contributed by atoms with Crippen LogP contribution in [0.2, 0.25) is 0 Å². The lowest BCUT2D eigenvalue weighted by molar-refractivity contribution is -0.138. The molecular formula is C11H15NO2S. The third kappa shape index (κ3) is 3.93. The van der Waals surface area contributed by atoms with Crippen molar-refractivity contribution in [1.29, 1.82) is 0 Å². The predicted molar refractivity (Wildman–Crippen MR) is 62.1 cm³/mol. The van der Waals surface area contributed by atoms with E-state index in [-0.39, 0.29) is 0 Å². The lowest BCUT2D eigenvalue weighted by atomic mass is 10.2. The molecule has 0 spiro atoms. The van der Waals surface area contributed by atoms with Crippen LogP contribution < -0.4 is 5.73 Å². The molecule has 3 N–H and O–H groups in total. The predicted octanol–water partition coefficient (Wildman–Crippen LogP) is 1.89. The first-order chi connectivity index (χ1) is 7.11. The minimum Gasteiger partial charge on any atom is -0.480 e. The fourth-order valence-corrected chi connectivity index (χ4v) is 2.20. The second-order valence-corrected chi connectivity index (χ2v) is 4.48. The van der Waals surface area contributed by atoms with Crippen molar-refractivity contribution in [3.05, 3.63) is 29.8 Å². The fourth-order valence-electron chi connectivity index (χ4n) is 1.14. The highest BCUT2D eigenvalue weighted by Gasteiger charge is 2.10. The third-order valence-electron chi connectivity index (χ3n) is 2.10. The molecule has 0 fully saturated rings. The summed E-state index contributed by atoms with van der Waals surface area (Å²) in [5.74, 6) is -0.196. The number of rotatable bonds is 5. The van der Waals surface area contributed by atoms with Crippen LogP contribution >= 0.6 is 11.8 Å². The molecule has 1 aromatic rings. The van der Waals surface area contributed by atoms with Crippen molar-refractivity contribution in [2.24, 2.45) is 5.73 Å². The smallest absolute Gasteiger partial charge is 0.320 e. The lowest BCUT2D eigenvalue weighted by Crippen LogP contribution is -2.30. The quantitative estimate of drug-likeness (QED) is 0.751. The molecule has 82 valence electrons. The monoisotopic (exact) mass is 225 g/mol. The SMILES string of the molecule is Cc1ccccc1SCC[C@H](N)C(=O)O. The summed E-state index contributed by atoms with van der Waals surface area (Å²) in [6.07, 6.45) is 0.494. The number of carboxylic acid groups (broad SMARTS) is 1. The molecule has 0 heterocycles. The molecule has 1 atom stereocenters. The van der Waals surface area contributed by atoms with Crippen molar-refractivity contribution in [2.75, 3.05) is 5.75 Å². The van der Waals surface area contributed by atoms with E-state index in [4.69, 9.17) is 10.8 Å². The number of benzene rings is 1. The zero-order valence-electron chi connectivity index (χ0n) is 8.64. The highest BCUT2D eigenvalue weighted by atomic mass is 32.2. The van der Waals surface area contributed by atoms with Crippen LogP contribution in [0.15, 0.2) is 29.2 Å². The molecule has 1 aromatic carbocycles. The van der Waals surface area contributed by atoms with Crippen LogP contribution in [0.3, 0.4) is 0 Å². The van der Waals surface area contributed by atoms with E-state index in [9.17, 15) is 4.79 Å². The second-order valence-electron chi connectivity index (χ2n) is 3.35. The molecule has 0 bridgehead atoms. The summed E-state index contributed by atoms with van der Waals surface area (Å²) in [7, 11) is 0. The number of hydrogen-bond donors (Lipinski definition) is 2. The van der Waals surface area contributed by atoms with E-state index in [2.05, 4.69) is 0 Å². The average Bonchev–Trinajstić information content (AvgIpc) is 2.20. The van der Waals surface area contributed by atoms with E-state index in [1.807, 2.05) is 31.2 Å². The highest BCUT2D eigenvalue weighted by Crippen LogP contribution is 2.22. The van der Waals surface area contributed by atoms with Gasteiger partial charge < -0.3 is 10.8 Å². The van der Waals surface area contributed by atoms with Gasteiger partial charge in [0.05, 0.1) is 0 Å². The van der Waals surface area contributed by atoms with E-state index in [1.165, 1.54) is 10.5 Å². The topological polar surface area (TPSA) is 63.3 Å². The number of thioether (sulfide) groups is 1. The molecule has 0 amide bonds. The van der Waals surface area contributed by atoms with E-state index < -0.39 is 12.0 Å². The highest BCUT2D eigenvalue weighted by molar-refractivity contribution is 7.99. The Labute approximate surface area is 93.7 Å². The minimum atomic E-state index is -0.930. The summed E-state index contributed by atoms with van der Waals surface area (Å²) in [6, 6.07) is 7.29. The number of carboxylic acids is 1. The molecule has 0 aliphatic heterocycles. The Balaban J connectivity index is 2.38. The van der Waals surface area contributed by atoms with E-state index in [0.717, 1.165) is 5.75 Å². The molecular weight excluding hydrogens is 210 g/mol. The van der Waals surface area contributed by atoms with Gasteiger partial charge in [0.15, 0.2) is 0 Å². The van der Waals surface area contributed by atoms with Gasteiger partial charge >= 0.3 is 5.97 Å². The van der Waals surface area contributed by atoms with Gasteiger partial charge in [-0.15, -0.1) is 11.8 Å². The zero-order valence-corrected chi connectivity index (χ0v) is 9.46. The van der Waals surface area contributed by atoms with Gasteiger partial charge in [-0.05, 0) is 25.0 Å². The maximum Gasteiger partial charge on any atom is 0.320 e. The van der Waals surface area contributed by atoms with Gasteiger partial charge in [0.25, 0.3) is 0 Å². The van der Waals surface area contributed by atoms with E-state index >= 15 is 0 Å². The number of aliphatic carboxylic acids is 1. The zero-order chi connectivity index (χ0) is 11.3. The van der Waals surface area contributed by atoms with Crippen LogP contribution in [0.25, 0.3) is 0 Å². The average molecular weight is 225 g/mol. The van der Waals surface area contributed by atoms with Crippen LogP contribution in [0.4, 0.5) is 0 Å². The Kier molecular flexibility index (Phi) is 4.65. The minimum absolute atomic E-state index is 0.494. The molecule has 0 aliphatic rings. The van der Waals surface area contributed by atoms with Crippen molar-refractivity contribution in [1.82, 2.24) is 0 Å². The molecule has 1 rings (SSSR count). The largest absolute Gasteiger partial charge is 0.480 e. The van der Waals surface area contributed by atoms with Gasteiger partial charge in [0, 0.05) is 10.6 Å². The molecule has 0 radical (unpaired) electrons. The van der Waals surface area contributed by atoms with Gasteiger partial charge in [-0.25, -0.2) is 0 Å². The van der Waals surface area contributed by atoms with E-state index in [0.29, 0.717) is 6.42 Å². The number of carbonyl (C=O) groups is 1. The van der Waals surface area contributed by atoms with Crippen LogP contribution in [0, 0.1) is 6.92 Å². The first-order valence-corrected chi connectivity index (χ1v) is 5.76. The Morgan fingerprint density at radius 3 is 2.80 bits per heavy atom. The summed E-state index contributed by atoms with van der Waals surface area (Å²) >= 11 is 1.65. The summed E-state index contributed by atoms with van der Waals surface area (Å²) in [6.45, 7) is 2.04. The van der Waals surface area contributed by atoms with Crippen LogP contribution in [0.5, 0.6) is 0 Å². The summed E-state index contributed by atoms with van der Waals surface area (Å²) < 4.78 is 0. The number of hydrogen-bond acceptors (Lipinski definition) is 3. The van der Waals surface area contributed by atoms with Gasteiger partial charge in [-0.1, -0.05) is 18.2 Å². The Morgan fingerprint density at radius 2 is 2.20 bits per heavy atom. The van der Waals surface area contributed by atoms with Crippen molar-refractivity contribution < 1.29 is 9.90 Å². The van der Waals surface area contributed by atoms with Crippen LogP contribution in [-0.2, 0) is 4.79 Å². The number of nitrogens with two attached hydrogens (primary N) is 1. The van der Waals surface area contributed by atoms with Gasteiger partial charge in [-0.2, -0.15) is 0 Å². The summed E-state index contributed by atoms with van der Waals surface area (Å²) in [5.41, 5.74) is 6.62. The normalized spacial score (nSPS) is 12.4. The first-order valence-electron chi connectivity index (χ1n) is 4.78. The molecule has 0 saturated carbocycles. The molecule has 4 heteroatoms. The second kappa shape index (κ2) is 5.78. The molecule has 0 aromatic heterocycles. The molecule has 15 heavy (non-hydrogen) atoms. The van der Waals surface area contributed by atoms with Crippen molar-refractivity contribution >= 4 is 17.7 Å². The summed E-state index contributed by atoms with van der Waals surface area (Å²) in [4.78, 5) is 11.7. The third-order valence-corrected chi connectivity index (χ3v) is 3.31. The van der Waals surface area contributed by atoms with Gasteiger partial charge in [0.2, 0.25) is 0 Å². The van der Waals surface area contributed by atoms with Crippen LogP contribution in [-0.4, -0.2) is 22.9 Å². The molecule has 0 saturated heterocycles. The van der Waals surface area contributed by atoms with Crippen molar-refractivity contribution in [3.8, 4) is 0 Å². The maximum absolute atomic E-state index is 10.5. The number of aryl methyl sites for hydroxylation is 1. The standard InChI is InChI=1S/C11H15NO2S/c1-8-4-2-3-5-10(8)15-7-6-9(12)11(13)14/h2-5,9H,6-7,12H2,1H3,(H,13,14)/t9-/m0/s1. The molecule has 0 aliphatic carbocycles. The van der Waals surface area contributed by atoms with Gasteiger partial charge in [-0.3, -0.25) is 4.79 Å². The van der Waals surface area contributed by atoms with Gasteiger partial charge in [0.1, 0.15) is 6.04 Å². The summed E-state index contributed by atoms with van der Waals surface area (Å²) in [5, 5.41) is 8.60. The Morgan fingerprint density at radius 1 is 1.53 bits per heavy atom. The van der Waals surface area contributed by atoms with Crippen LogP contribution in [0.1, 0.15) is 12.0 Å². The van der Waals surface area contributed by atoms with Crippen molar-refractivity contribution in [3.63, 3.8) is 0 Å². The first kappa shape index (κ1) is 12.1. The van der Waals surface area contributed by atoms with Crippen molar-refractivity contribution in [2.45, 2.75) is 24.3 Å².